The predicted octanol–water partition coefficient (Wildman–Crippen LogP) is 5.92. The Hall–Kier alpha value is -2.20. The summed E-state index contributed by atoms with van der Waals surface area (Å²) < 4.78 is 0.965. The largest absolute Gasteiger partial charge is 0.294 e. The van der Waals surface area contributed by atoms with Gasteiger partial charge in [-0.3, -0.25) is 14.5 Å². The number of ketones is 1. The monoisotopic (exact) mass is 437 g/mol. The van der Waals surface area contributed by atoms with Gasteiger partial charge in [-0.05, 0) is 48.6 Å². The Morgan fingerprint density at radius 2 is 1.61 bits per heavy atom. The number of Topliss-reactive ketones (excluding diaryl/α,β-unsaturated/α-hetero) is 1. The molecule has 1 heterocycles. The van der Waals surface area contributed by atoms with Crippen LogP contribution in [0.4, 0.5) is 5.69 Å². The third kappa shape index (κ3) is 3.46. The summed E-state index contributed by atoms with van der Waals surface area (Å²) in [6.07, 6.45) is 1.57. The summed E-state index contributed by atoms with van der Waals surface area (Å²) in [6.45, 7) is 6.26. The lowest BCUT2D eigenvalue weighted by Gasteiger charge is -2.43. The molecule has 2 aromatic rings. The molecule has 0 fully saturated rings. The van der Waals surface area contributed by atoms with E-state index in [0.717, 1.165) is 33.4 Å². The Morgan fingerprint density at radius 1 is 0.964 bits per heavy atom. The zero-order valence-electron chi connectivity index (χ0n) is 16.5. The van der Waals surface area contributed by atoms with E-state index >= 15 is 0 Å². The lowest BCUT2D eigenvalue weighted by molar-refractivity contribution is -0.121. The molecule has 0 saturated carbocycles. The molecule has 2 aliphatic rings. The Balaban J connectivity index is 1.88. The standard InChI is InChI=1S/C24H24BrNO2/c1-15-4-6-16(7-5-15)19-12-22(28)26(18-10-8-17(25)9-11-18)20-13-24(2,3)14-21(27)23(19)20/h4-11,19H,12-14H2,1-3H3. The molecule has 0 aromatic heterocycles. The molecule has 4 heteroatoms. The zero-order chi connectivity index (χ0) is 20.1. The molecule has 1 atom stereocenters. The van der Waals surface area contributed by atoms with Crippen molar-refractivity contribution in [3.63, 3.8) is 0 Å². The van der Waals surface area contributed by atoms with Crippen LogP contribution in [0.15, 0.2) is 64.3 Å². The van der Waals surface area contributed by atoms with E-state index in [1.54, 1.807) is 4.90 Å². The first-order valence-corrected chi connectivity index (χ1v) is 10.5. The third-order valence-electron chi connectivity index (χ3n) is 5.71. The average Bonchev–Trinajstić information content (AvgIpc) is 2.62. The number of nitrogens with zero attached hydrogens (tertiary/aromatic N) is 1. The van der Waals surface area contributed by atoms with Crippen LogP contribution >= 0.6 is 15.9 Å². The summed E-state index contributed by atoms with van der Waals surface area (Å²) in [5.41, 5.74) is 4.60. The van der Waals surface area contributed by atoms with Gasteiger partial charge in [-0.25, -0.2) is 0 Å². The van der Waals surface area contributed by atoms with Gasteiger partial charge in [-0.15, -0.1) is 0 Å². The Bertz CT molecular complexity index is 971. The second-order valence-electron chi connectivity index (χ2n) is 8.67. The highest BCUT2D eigenvalue weighted by Crippen LogP contribution is 2.48. The first-order chi connectivity index (χ1) is 13.2. The van der Waals surface area contributed by atoms with Crippen molar-refractivity contribution in [2.75, 3.05) is 4.90 Å². The summed E-state index contributed by atoms with van der Waals surface area (Å²) in [4.78, 5) is 28.3. The fourth-order valence-electron chi connectivity index (χ4n) is 4.39. The van der Waals surface area contributed by atoms with Crippen LogP contribution in [0.2, 0.25) is 0 Å². The van der Waals surface area contributed by atoms with E-state index < -0.39 is 0 Å². The van der Waals surface area contributed by atoms with Gasteiger partial charge in [0.05, 0.1) is 0 Å². The molecule has 0 spiro atoms. The smallest absolute Gasteiger partial charge is 0.232 e. The zero-order valence-corrected chi connectivity index (χ0v) is 18.0. The van der Waals surface area contributed by atoms with Gasteiger partial charge < -0.3 is 0 Å². The summed E-state index contributed by atoms with van der Waals surface area (Å²) >= 11 is 3.46. The SMILES string of the molecule is Cc1ccc(C2CC(=O)N(c3ccc(Br)cc3)C3=C2C(=O)CC(C)(C)C3)cc1. The Labute approximate surface area is 174 Å². The van der Waals surface area contributed by atoms with Crippen LogP contribution in [-0.4, -0.2) is 11.7 Å². The van der Waals surface area contributed by atoms with Crippen molar-refractivity contribution in [3.8, 4) is 0 Å². The second kappa shape index (κ2) is 7.00. The highest BCUT2D eigenvalue weighted by Gasteiger charge is 2.44. The maximum Gasteiger partial charge on any atom is 0.232 e. The molecule has 4 rings (SSSR count). The molecule has 0 bridgehead atoms. The molecule has 28 heavy (non-hydrogen) atoms. The van der Waals surface area contributed by atoms with E-state index in [4.69, 9.17) is 0 Å². The topological polar surface area (TPSA) is 37.4 Å². The van der Waals surface area contributed by atoms with Crippen molar-refractivity contribution < 1.29 is 9.59 Å². The Morgan fingerprint density at radius 3 is 2.25 bits per heavy atom. The van der Waals surface area contributed by atoms with Crippen LogP contribution in [0.5, 0.6) is 0 Å². The van der Waals surface area contributed by atoms with Crippen LogP contribution in [0, 0.1) is 12.3 Å². The van der Waals surface area contributed by atoms with Crippen molar-refractivity contribution in [3.05, 3.63) is 75.4 Å². The van der Waals surface area contributed by atoms with Gasteiger partial charge in [0.2, 0.25) is 5.91 Å². The minimum absolute atomic E-state index is 0.0529. The predicted molar refractivity (Wildman–Crippen MR) is 115 cm³/mol. The number of hydrogen-bond donors (Lipinski definition) is 0. The fourth-order valence-corrected chi connectivity index (χ4v) is 4.65. The summed E-state index contributed by atoms with van der Waals surface area (Å²) in [7, 11) is 0. The number of aryl methyl sites for hydroxylation is 1. The minimum atomic E-state index is -0.154. The van der Waals surface area contributed by atoms with E-state index in [0.29, 0.717) is 12.8 Å². The van der Waals surface area contributed by atoms with Crippen LogP contribution < -0.4 is 4.90 Å². The summed E-state index contributed by atoms with van der Waals surface area (Å²) in [6, 6.07) is 16.0. The van der Waals surface area contributed by atoms with Gasteiger partial charge >= 0.3 is 0 Å². The fraction of sp³-hybridized carbons (Fsp3) is 0.333. The quantitative estimate of drug-likeness (QED) is 0.584. The molecular weight excluding hydrogens is 414 g/mol. The van der Waals surface area contributed by atoms with Gasteiger partial charge in [-0.1, -0.05) is 59.6 Å². The highest BCUT2D eigenvalue weighted by atomic mass is 79.9. The molecule has 0 saturated heterocycles. The molecule has 3 nitrogen and oxygen atoms in total. The van der Waals surface area contributed by atoms with Crippen LogP contribution in [-0.2, 0) is 9.59 Å². The molecule has 1 unspecified atom stereocenters. The lowest BCUT2D eigenvalue weighted by Crippen LogP contribution is -2.43. The number of halogens is 1. The number of amides is 1. The van der Waals surface area contributed by atoms with Crippen molar-refractivity contribution in [1.29, 1.82) is 0 Å². The first kappa shape index (κ1) is 19.1. The van der Waals surface area contributed by atoms with Crippen LogP contribution in [0.25, 0.3) is 0 Å². The molecule has 0 radical (unpaired) electrons. The highest BCUT2D eigenvalue weighted by molar-refractivity contribution is 9.10. The van der Waals surface area contributed by atoms with Gasteiger partial charge in [0.1, 0.15) is 0 Å². The summed E-state index contributed by atoms with van der Waals surface area (Å²) in [5.74, 6) is 0.0713. The number of anilines is 1. The number of rotatable bonds is 2. The van der Waals surface area contributed by atoms with Crippen molar-refractivity contribution in [2.24, 2.45) is 5.41 Å². The maximum atomic E-state index is 13.3. The minimum Gasteiger partial charge on any atom is -0.294 e. The van der Waals surface area contributed by atoms with E-state index in [1.807, 2.05) is 31.2 Å². The number of carbonyl (C=O) groups is 2. The second-order valence-corrected chi connectivity index (χ2v) is 9.59. The molecule has 0 N–H and O–H groups in total. The third-order valence-corrected chi connectivity index (χ3v) is 6.24. The number of benzene rings is 2. The molecular formula is C24H24BrNO2. The van der Waals surface area contributed by atoms with Crippen molar-refractivity contribution in [2.45, 2.75) is 46.0 Å². The van der Waals surface area contributed by atoms with E-state index in [2.05, 4.69) is 54.0 Å². The first-order valence-electron chi connectivity index (χ1n) is 9.66. The average molecular weight is 438 g/mol. The van der Waals surface area contributed by atoms with Crippen molar-refractivity contribution in [1.82, 2.24) is 0 Å². The van der Waals surface area contributed by atoms with Gasteiger partial charge in [0.15, 0.2) is 5.78 Å². The number of allylic oxidation sites excluding steroid dienone is 2. The van der Waals surface area contributed by atoms with E-state index in [9.17, 15) is 9.59 Å². The summed E-state index contributed by atoms with van der Waals surface area (Å²) in [5, 5.41) is 0. The van der Waals surface area contributed by atoms with Crippen LogP contribution in [0.1, 0.15) is 50.2 Å². The number of carbonyl (C=O) groups excluding carboxylic acids is 2. The number of hydrogen-bond acceptors (Lipinski definition) is 2. The molecule has 144 valence electrons. The van der Waals surface area contributed by atoms with Gasteiger partial charge in [0, 0.05) is 40.2 Å². The maximum absolute atomic E-state index is 13.3. The van der Waals surface area contributed by atoms with Gasteiger partial charge in [-0.2, -0.15) is 0 Å². The van der Waals surface area contributed by atoms with Crippen LogP contribution in [0.3, 0.4) is 0 Å². The van der Waals surface area contributed by atoms with E-state index in [1.165, 1.54) is 5.56 Å². The molecule has 1 aliphatic carbocycles. The Kier molecular flexibility index (Phi) is 4.78. The molecule has 1 aliphatic heterocycles. The van der Waals surface area contributed by atoms with E-state index in [-0.39, 0.29) is 23.0 Å². The lowest BCUT2D eigenvalue weighted by atomic mass is 9.69. The van der Waals surface area contributed by atoms with Gasteiger partial charge in [0.25, 0.3) is 0 Å². The molecule has 2 aromatic carbocycles. The normalized spacial score (nSPS) is 21.7. The van der Waals surface area contributed by atoms with Crippen molar-refractivity contribution >= 4 is 33.3 Å². The molecule has 1 amide bonds.